The van der Waals surface area contributed by atoms with Gasteiger partial charge in [-0.2, -0.15) is 4.98 Å². The first kappa shape index (κ1) is 20.4. The number of rotatable bonds is 4. The van der Waals surface area contributed by atoms with Crippen LogP contribution in [0.5, 0.6) is 0 Å². The number of allylic oxidation sites excluding steroid dienone is 1. The lowest BCUT2D eigenvalue weighted by Gasteiger charge is -2.58. The number of amides is 1. The summed E-state index contributed by atoms with van der Waals surface area (Å²) in [4.78, 5) is 24.1. The van der Waals surface area contributed by atoms with Gasteiger partial charge in [0.1, 0.15) is 0 Å². The standard InChI is InChI=1S/C26H29N5O4/c32-25(31-11-17-6-16(31)12-34-17)24-29-23(30-35-24)19-10-27-20-3-1-2-18(20)22(19)28-21-14-4-13-5-15(21)9-26(33,7-13)8-14/h1-2,10,13-17,21,33H,3-9,11-12H2,(H,27,28)/t13?,14-,15+,16-,17-,21?,26?/m1/s1. The molecule has 9 heteroatoms. The summed E-state index contributed by atoms with van der Waals surface area (Å²) < 4.78 is 11.1. The van der Waals surface area contributed by atoms with Crippen LogP contribution >= 0.6 is 0 Å². The highest BCUT2D eigenvalue weighted by Gasteiger charge is 2.55. The van der Waals surface area contributed by atoms with E-state index >= 15 is 0 Å². The van der Waals surface area contributed by atoms with Gasteiger partial charge in [0.2, 0.25) is 5.82 Å². The number of aromatic nitrogens is 3. The van der Waals surface area contributed by atoms with E-state index in [1.807, 2.05) is 6.20 Å². The maximum absolute atomic E-state index is 13.1. The quantitative estimate of drug-likeness (QED) is 0.694. The van der Waals surface area contributed by atoms with E-state index in [0.29, 0.717) is 42.8 Å². The van der Waals surface area contributed by atoms with E-state index in [4.69, 9.17) is 9.26 Å². The Morgan fingerprint density at radius 3 is 2.80 bits per heavy atom. The van der Waals surface area contributed by atoms with Crippen LogP contribution in [0.25, 0.3) is 17.5 Å². The van der Waals surface area contributed by atoms with E-state index in [-0.39, 0.29) is 23.9 Å². The zero-order valence-corrected chi connectivity index (χ0v) is 19.5. The SMILES string of the molecule is O=C(c1nc(-c2cnc3c(c2NC2[C@@H]4CC5C[C@H]2CC(O)(C5)C4)C=CC3)no1)N1C[C@H]2C[C@@H]1CO2. The van der Waals surface area contributed by atoms with Crippen LogP contribution in [0.15, 0.2) is 16.8 Å². The van der Waals surface area contributed by atoms with Gasteiger partial charge in [0.25, 0.3) is 0 Å². The average molecular weight is 476 g/mol. The fraction of sp³-hybridized carbons (Fsp3) is 0.615. The molecular weight excluding hydrogens is 446 g/mol. The number of aliphatic hydroxyl groups is 1. The average Bonchev–Trinajstić information content (AvgIpc) is 3.63. The molecule has 2 aliphatic heterocycles. The lowest BCUT2D eigenvalue weighted by Crippen LogP contribution is -2.59. The minimum atomic E-state index is -0.472. The highest BCUT2D eigenvalue weighted by Crippen LogP contribution is 2.56. The van der Waals surface area contributed by atoms with Crippen LogP contribution in [0.3, 0.4) is 0 Å². The van der Waals surface area contributed by atoms with Crippen molar-refractivity contribution in [1.29, 1.82) is 0 Å². The van der Waals surface area contributed by atoms with E-state index in [2.05, 4.69) is 32.6 Å². The molecule has 182 valence electrons. The van der Waals surface area contributed by atoms with Crippen molar-refractivity contribution in [2.24, 2.45) is 17.8 Å². The molecule has 2 saturated heterocycles. The number of hydrogen-bond acceptors (Lipinski definition) is 8. The maximum Gasteiger partial charge on any atom is 0.316 e. The number of nitrogens with zero attached hydrogens (tertiary/aromatic N) is 4. The molecule has 0 aromatic carbocycles. The molecule has 35 heavy (non-hydrogen) atoms. The zero-order valence-electron chi connectivity index (χ0n) is 19.5. The Hall–Kier alpha value is -2.78. The Kier molecular flexibility index (Phi) is 4.16. The highest BCUT2D eigenvalue weighted by molar-refractivity contribution is 5.91. The van der Waals surface area contributed by atoms with Crippen molar-refractivity contribution in [3.8, 4) is 11.4 Å². The normalized spacial score (nSPS) is 37.9. The third-order valence-electron chi connectivity index (χ3n) is 9.36. The van der Waals surface area contributed by atoms with E-state index < -0.39 is 5.60 Å². The number of morpholine rings is 1. The molecule has 9 nitrogen and oxygen atoms in total. The molecular formula is C26H29N5O4. The Morgan fingerprint density at radius 2 is 2.06 bits per heavy atom. The van der Waals surface area contributed by atoms with Gasteiger partial charge in [0.15, 0.2) is 0 Å². The molecule has 7 atom stereocenters. The molecule has 9 rings (SSSR count). The summed E-state index contributed by atoms with van der Waals surface area (Å²) in [5, 5.41) is 19.1. The second-order valence-electron chi connectivity index (χ2n) is 11.6. The van der Waals surface area contributed by atoms with E-state index in [9.17, 15) is 9.90 Å². The fourth-order valence-corrected chi connectivity index (χ4v) is 8.10. The van der Waals surface area contributed by atoms with Crippen molar-refractivity contribution in [2.75, 3.05) is 18.5 Å². The zero-order chi connectivity index (χ0) is 23.3. The summed E-state index contributed by atoms with van der Waals surface area (Å²) in [6.07, 6.45) is 12.9. The summed E-state index contributed by atoms with van der Waals surface area (Å²) in [5.41, 5.74) is 3.37. The number of carbonyl (C=O) groups excluding carboxylic acids is 1. The Morgan fingerprint density at radius 1 is 1.20 bits per heavy atom. The predicted molar refractivity (Wildman–Crippen MR) is 125 cm³/mol. The van der Waals surface area contributed by atoms with Gasteiger partial charge in [-0.15, -0.1) is 0 Å². The van der Waals surface area contributed by atoms with Crippen LogP contribution in [0.4, 0.5) is 5.69 Å². The van der Waals surface area contributed by atoms with Crippen LogP contribution < -0.4 is 5.32 Å². The summed E-state index contributed by atoms with van der Waals surface area (Å²) in [5.74, 6) is 1.75. The van der Waals surface area contributed by atoms with Crippen molar-refractivity contribution in [3.63, 3.8) is 0 Å². The van der Waals surface area contributed by atoms with Crippen molar-refractivity contribution in [2.45, 2.75) is 68.7 Å². The largest absolute Gasteiger partial charge is 0.390 e. The van der Waals surface area contributed by atoms with E-state index in [1.165, 1.54) is 12.8 Å². The van der Waals surface area contributed by atoms with Crippen molar-refractivity contribution in [1.82, 2.24) is 20.0 Å². The summed E-state index contributed by atoms with van der Waals surface area (Å²) in [7, 11) is 0. The number of hydrogen-bond donors (Lipinski definition) is 2. The Labute approximate surface area is 202 Å². The number of anilines is 1. The lowest BCUT2D eigenvalue weighted by molar-refractivity contribution is -0.129. The van der Waals surface area contributed by atoms with Crippen LogP contribution in [0.2, 0.25) is 0 Å². The molecule has 4 saturated carbocycles. The van der Waals surface area contributed by atoms with Crippen LogP contribution in [0, 0.1) is 17.8 Å². The van der Waals surface area contributed by atoms with Crippen LogP contribution in [-0.4, -0.2) is 68.0 Å². The van der Waals surface area contributed by atoms with Gasteiger partial charge >= 0.3 is 11.8 Å². The fourth-order valence-electron chi connectivity index (χ4n) is 8.10. The first-order chi connectivity index (χ1) is 17.0. The molecule has 1 amide bonds. The van der Waals surface area contributed by atoms with Gasteiger partial charge in [0.05, 0.1) is 41.3 Å². The lowest BCUT2D eigenvalue weighted by atomic mass is 9.52. The van der Waals surface area contributed by atoms with Gasteiger partial charge in [0, 0.05) is 30.8 Å². The third-order valence-corrected chi connectivity index (χ3v) is 9.36. The first-order valence-corrected chi connectivity index (χ1v) is 13.0. The van der Waals surface area contributed by atoms with Gasteiger partial charge in [-0.3, -0.25) is 9.78 Å². The summed E-state index contributed by atoms with van der Waals surface area (Å²) >= 11 is 0. The molecule has 0 spiro atoms. The Balaban J connectivity index is 1.13. The van der Waals surface area contributed by atoms with Gasteiger partial charge in [-0.1, -0.05) is 17.3 Å². The summed E-state index contributed by atoms with van der Waals surface area (Å²) in [6.45, 7) is 1.16. The molecule has 0 radical (unpaired) electrons. The number of nitrogens with one attached hydrogen (secondary N) is 1. The molecule has 2 aromatic heterocycles. The van der Waals surface area contributed by atoms with Crippen molar-refractivity contribution in [3.05, 3.63) is 29.4 Å². The molecule has 7 aliphatic rings. The monoisotopic (exact) mass is 475 g/mol. The molecule has 3 unspecified atom stereocenters. The number of likely N-dealkylation sites (tertiary alicyclic amines) is 1. The topological polar surface area (TPSA) is 114 Å². The second kappa shape index (κ2) is 7.13. The van der Waals surface area contributed by atoms with Gasteiger partial charge < -0.3 is 24.6 Å². The second-order valence-corrected chi connectivity index (χ2v) is 11.6. The van der Waals surface area contributed by atoms with Gasteiger partial charge in [-0.05, 0) is 56.3 Å². The molecule has 5 aliphatic carbocycles. The maximum atomic E-state index is 13.1. The molecule has 6 bridgehead atoms. The van der Waals surface area contributed by atoms with Crippen LogP contribution in [-0.2, 0) is 11.2 Å². The van der Waals surface area contributed by atoms with Crippen molar-refractivity contribution < 1.29 is 19.2 Å². The van der Waals surface area contributed by atoms with Crippen molar-refractivity contribution >= 4 is 17.7 Å². The Bertz CT molecular complexity index is 1240. The third kappa shape index (κ3) is 3.07. The first-order valence-electron chi connectivity index (χ1n) is 13.0. The molecule has 4 heterocycles. The number of pyridine rings is 1. The minimum Gasteiger partial charge on any atom is -0.390 e. The summed E-state index contributed by atoms with van der Waals surface area (Å²) in [6, 6.07) is 0.401. The molecule has 2 aromatic rings. The molecule has 2 N–H and O–H groups in total. The smallest absolute Gasteiger partial charge is 0.316 e. The number of ether oxygens (including phenoxy) is 1. The van der Waals surface area contributed by atoms with E-state index in [0.717, 1.165) is 54.6 Å². The highest BCUT2D eigenvalue weighted by atomic mass is 16.5. The van der Waals surface area contributed by atoms with Crippen LogP contribution in [0.1, 0.15) is 60.5 Å². The molecule has 6 fully saturated rings. The number of carbonyl (C=O) groups is 1. The minimum absolute atomic E-state index is 0.0198. The predicted octanol–water partition coefficient (Wildman–Crippen LogP) is 2.67. The van der Waals surface area contributed by atoms with Gasteiger partial charge in [-0.25, -0.2) is 0 Å². The van der Waals surface area contributed by atoms with E-state index in [1.54, 1.807) is 4.90 Å². The number of fused-ring (bicyclic) bond motifs is 3.